The summed E-state index contributed by atoms with van der Waals surface area (Å²) in [6.45, 7) is 2.65. The molecular formula is C14H16ClN3O3. The topological polar surface area (TPSA) is 65.4 Å². The second kappa shape index (κ2) is 6.49. The molecule has 2 aromatic rings. The largest absolute Gasteiger partial charge is 0.495 e. The number of methoxy groups -OCH3 is 2. The number of anilines is 1. The molecule has 0 fully saturated rings. The highest BCUT2D eigenvalue weighted by Crippen LogP contribution is 2.35. The number of halogens is 1. The third kappa shape index (κ3) is 3.28. The van der Waals surface area contributed by atoms with Gasteiger partial charge in [-0.15, -0.1) is 0 Å². The lowest BCUT2D eigenvalue weighted by atomic mass is 10.2. The minimum absolute atomic E-state index is 0.327. The lowest BCUT2D eigenvalue weighted by molar-refractivity contribution is 0.102. The molecule has 1 aromatic heterocycles. The van der Waals surface area contributed by atoms with E-state index in [1.807, 2.05) is 6.92 Å². The smallest absolute Gasteiger partial charge is 0.276 e. The summed E-state index contributed by atoms with van der Waals surface area (Å²) in [6, 6.07) is 4.84. The average molecular weight is 310 g/mol. The molecule has 1 aromatic carbocycles. The maximum absolute atomic E-state index is 12.2. The molecule has 112 valence electrons. The lowest BCUT2D eigenvalue weighted by Gasteiger charge is -2.12. The quantitative estimate of drug-likeness (QED) is 0.922. The Bertz CT molecular complexity index is 655. The highest BCUT2D eigenvalue weighted by atomic mass is 35.5. The number of carbonyl (C=O) groups is 1. The van der Waals surface area contributed by atoms with Gasteiger partial charge >= 0.3 is 0 Å². The number of hydrogen-bond acceptors (Lipinski definition) is 4. The molecule has 2 rings (SSSR count). The van der Waals surface area contributed by atoms with E-state index in [9.17, 15) is 4.79 Å². The maximum atomic E-state index is 12.2. The first-order valence-corrected chi connectivity index (χ1v) is 6.73. The van der Waals surface area contributed by atoms with Gasteiger partial charge in [0.25, 0.3) is 5.91 Å². The molecule has 0 radical (unpaired) electrons. The van der Waals surface area contributed by atoms with Crippen LogP contribution >= 0.6 is 11.6 Å². The third-order valence-corrected chi connectivity index (χ3v) is 3.21. The minimum Gasteiger partial charge on any atom is -0.495 e. The van der Waals surface area contributed by atoms with Gasteiger partial charge in [0, 0.05) is 24.9 Å². The van der Waals surface area contributed by atoms with E-state index >= 15 is 0 Å². The number of nitrogens with zero attached hydrogens (tertiary/aromatic N) is 2. The zero-order chi connectivity index (χ0) is 15.4. The Morgan fingerprint density at radius 3 is 2.62 bits per heavy atom. The van der Waals surface area contributed by atoms with Crippen LogP contribution in [0, 0.1) is 0 Å². The van der Waals surface area contributed by atoms with Gasteiger partial charge in [0.15, 0.2) is 5.69 Å². The summed E-state index contributed by atoms with van der Waals surface area (Å²) in [5, 5.41) is 7.29. The lowest BCUT2D eigenvalue weighted by Crippen LogP contribution is -2.14. The summed E-state index contributed by atoms with van der Waals surface area (Å²) in [5.74, 6) is 0.570. The molecule has 0 aliphatic heterocycles. The van der Waals surface area contributed by atoms with Crippen molar-refractivity contribution in [2.24, 2.45) is 0 Å². The van der Waals surface area contributed by atoms with Crippen molar-refractivity contribution >= 4 is 23.2 Å². The fourth-order valence-electron chi connectivity index (χ4n) is 1.80. The van der Waals surface area contributed by atoms with Crippen LogP contribution in [0.15, 0.2) is 24.4 Å². The maximum Gasteiger partial charge on any atom is 0.276 e. The Morgan fingerprint density at radius 2 is 2.05 bits per heavy atom. The molecule has 1 N–H and O–H groups in total. The van der Waals surface area contributed by atoms with E-state index in [4.69, 9.17) is 21.1 Å². The number of rotatable bonds is 5. The molecule has 0 spiro atoms. The number of aromatic nitrogens is 2. The van der Waals surface area contributed by atoms with Gasteiger partial charge in [0.2, 0.25) is 0 Å². The van der Waals surface area contributed by atoms with Gasteiger partial charge in [-0.2, -0.15) is 5.10 Å². The first kappa shape index (κ1) is 15.2. The van der Waals surface area contributed by atoms with Crippen LogP contribution in [-0.2, 0) is 6.54 Å². The number of benzene rings is 1. The predicted octanol–water partition coefficient (Wildman–Crippen LogP) is 2.83. The van der Waals surface area contributed by atoms with Gasteiger partial charge in [-0.1, -0.05) is 11.6 Å². The van der Waals surface area contributed by atoms with Gasteiger partial charge in [-0.3, -0.25) is 9.48 Å². The Morgan fingerprint density at radius 1 is 1.33 bits per heavy atom. The van der Waals surface area contributed by atoms with Crippen molar-refractivity contribution in [3.8, 4) is 11.5 Å². The summed E-state index contributed by atoms with van der Waals surface area (Å²) in [5.41, 5.74) is 0.794. The molecule has 0 aliphatic carbocycles. The summed E-state index contributed by atoms with van der Waals surface area (Å²) >= 11 is 6.02. The molecule has 0 saturated heterocycles. The molecule has 7 heteroatoms. The number of aryl methyl sites for hydroxylation is 1. The first-order valence-electron chi connectivity index (χ1n) is 6.35. The van der Waals surface area contributed by atoms with E-state index in [1.54, 1.807) is 29.1 Å². The van der Waals surface area contributed by atoms with Gasteiger partial charge in [-0.05, 0) is 13.0 Å². The molecule has 0 saturated carbocycles. The van der Waals surface area contributed by atoms with Gasteiger partial charge in [0.05, 0.1) is 24.9 Å². The Labute approximate surface area is 127 Å². The molecule has 6 nitrogen and oxygen atoms in total. The van der Waals surface area contributed by atoms with Crippen molar-refractivity contribution in [1.29, 1.82) is 0 Å². The molecule has 0 unspecified atom stereocenters. The van der Waals surface area contributed by atoms with Crippen LogP contribution < -0.4 is 14.8 Å². The fraction of sp³-hybridized carbons (Fsp3) is 0.286. The van der Waals surface area contributed by atoms with Crippen molar-refractivity contribution in [2.75, 3.05) is 19.5 Å². The van der Waals surface area contributed by atoms with Crippen LogP contribution in [0.25, 0.3) is 0 Å². The van der Waals surface area contributed by atoms with Crippen LogP contribution in [0.2, 0.25) is 5.02 Å². The minimum atomic E-state index is -0.329. The normalized spacial score (nSPS) is 10.3. The Balaban J connectivity index is 2.27. The highest BCUT2D eigenvalue weighted by molar-refractivity contribution is 6.32. The molecule has 0 bridgehead atoms. The van der Waals surface area contributed by atoms with Crippen LogP contribution in [-0.4, -0.2) is 29.9 Å². The monoisotopic (exact) mass is 309 g/mol. The molecule has 1 amide bonds. The summed E-state index contributed by atoms with van der Waals surface area (Å²) in [7, 11) is 3.00. The first-order chi connectivity index (χ1) is 10.1. The van der Waals surface area contributed by atoms with Gasteiger partial charge < -0.3 is 14.8 Å². The highest BCUT2D eigenvalue weighted by Gasteiger charge is 2.15. The zero-order valence-corrected chi connectivity index (χ0v) is 12.8. The molecule has 0 atom stereocenters. The SMILES string of the molecule is CCn1ccc(C(=O)Nc2cc(OC)c(Cl)cc2OC)n1. The Kier molecular flexibility index (Phi) is 4.70. The van der Waals surface area contributed by atoms with Crippen molar-refractivity contribution in [3.05, 3.63) is 35.1 Å². The van der Waals surface area contributed by atoms with Crippen molar-refractivity contribution in [2.45, 2.75) is 13.5 Å². The van der Waals surface area contributed by atoms with Gasteiger partial charge in [-0.25, -0.2) is 0 Å². The second-order valence-electron chi connectivity index (χ2n) is 4.20. The van der Waals surface area contributed by atoms with Crippen molar-refractivity contribution in [3.63, 3.8) is 0 Å². The molecule has 21 heavy (non-hydrogen) atoms. The summed E-state index contributed by atoms with van der Waals surface area (Å²) in [4.78, 5) is 12.2. The van der Waals surface area contributed by atoms with Crippen LogP contribution in [0.1, 0.15) is 17.4 Å². The van der Waals surface area contributed by atoms with E-state index in [2.05, 4.69) is 10.4 Å². The molecular weight excluding hydrogens is 294 g/mol. The second-order valence-corrected chi connectivity index (χ2v) is 4.61. The fourth-order valence-corrected chi connectivity index (χ4v) is 2.03. The number of amides is 1. The van der Waals surface area contributed by atoms with E-state index in [0.717, 1.165) is 0 Å². The van der Waals surface area contributed by atoms with Crippen LogP contribution in [0.5, 0.6) is 11.5 Å². The Hall–Kier alpha value is -2.21. The van der Waals surface area contributed by atoms with Crippen molar-refractivity contribution < 1.29 is 14.3 Å². The number of nitrogens with one attached hydrogen (secondary N) is 1. The number of ether oxygens (including phenoxy) is 2. The van der Waals surface area contributed by atoms with E-state index in [0.29, 0.717) is 34.4 Å². The number of hydrogen-bond donors (Lipinski definition) is 1. The third-order valence-electron chi connectivity index (χ3n) is 2.92. The van der Waals surface area contributed by atoms with Crippen LogP contribution in [0.4, 0.5) is 5.69 Å². The average Bonchev–Trinajstić information content (AvgIpc) is 2.97. The summed E-state index contributed by atoms with van der Waals surface area (Å²) < 4.78 is 12.0. The summed E-state index contributed by atoms with van der Waals surface area (Å²) in [6.07, 6.45) is 1.74. The molecule has 0 aliphatic rings. The van der Waals surface area contributed by atoms with Crippen molar-refractivity contribution in [1.82, 2.24) is 9.78 Å². The van der Waals surface area contributed by atoms with E-state index in [1.165, 1.54) is 14.2 Å². The number of carbonyl (C=O) groups excluding carboxylic acids is 1. The van der Waals surface area contributed by atoms with Gasteiger partial charge in [0.1, 0.15) is 11.5 Å². The predicted molar refractivity (Wildman–Crippen MR) is 80.4 cm³/mol. The van der Waals surface area contributed by atoms with Crippen LogP contribution in [0.3, 0.4) is 0 Å². The standard InChI is InChI=1S/C14H16ClN3O3/c1-4-18-6-5-10(17-18)14(19)16-11-8-12(20-2)9(15)7-13(11)21-3/h5-8H,4H2,1-3H3,(H,16,19). The van der Waals surface area contributed by atoms with E-state index in [-0.39, 0.29) is 5.91 Å². The molecule has 1 heterocycles. The zero-order valence-electron chi connectivity index (χ0n) is 12.0. The van der Waals surface area contributed by atoms with E-state index < -0.39 is 0 Å².